The highest BCUT2D eigenvalue weighted by Gasteiger charge is 2.34. The summed E-state index contributed by atoms with van der Waals surface area (Å²) < 4.78 is 16.9. The lowest BCUT2D eigenvalue weighted by molar-refractivity contribution is -0.143. The monoisotopic (exact) mass is 439 g/mol. The van der Waals surface area contributed by atoms with Gasteiger partial charge in [-0.2, -0.15) is 0 Å². The predicted molar refractivity (Wildman–Crippen MR) is 120 cm³/mol. The molecule has 2 amide bonds. The van der Waals surface area contributed by atoms with E-state index in [4.69, 9.17) is 14.2 Å². The number of fused-ring (bicyclic) bond motifs is 1. The van der Waals surface area contributed by atoms with Gasteiger partial charge in [-0.05, 0) is 43.7 Å². The van der Waals surface area contributed by atoms with Crippen molar-refractivity contribution in [3.63, 3.8) is 0 Å². The van der Waals surface area contributed by atoms with Crippen LogP contribution in [0.2, 0.25) is 0 Å². The molecule has 170 valence electrons. The Morgan fingerprint density at radius 1 is 1.09 bits per heavy atom. The maximum absolute atomic E-state index is 12.9. The van der Waals surface area contributed by atoms with E-state index in [1.807, 2.05) is 50.2 Å². The van der Waals surface area contributed by atoms with Gasteiger partial charge < -0.3 is 24.4 Å². The van der Waals surface area contributed by atoms with Gasteiger partial charge in [0.1, 0.15) is 12.4 Å². The number of hydrogen-bond acceptors (Lipinski definition) is 6. The summed E-state index contributed by atoms with van der Waals surface area (Å²) in [4.78, 5) is 29.6. The summed E-state index contributed by atoms with van der Waals surface area (Å²) in [7, 11) is 1.58. The van der Waals surface area contributed by atoms with Crippen LogP contribution in [0.25, 0.3) is 0 Å². The molecule has 0 aliphatic carbocycles. The first kappa shape index (κ1) is 22.0. The number of rotatable bonds is 5. The topological polar surface area (TPSA) is 80.3 Å². The van der Waals surface area contributed by atoms with Crippen molar-refractivity contribution >= 4 is 17.5 Å². The minimum absolute atomic E-state index is 0.0826. The summed E-state index contributed by atoms with van der Waals surface area (Å²) in [5.74, 6) is 1.69. The fourth-order valence-corrected chi connectivity index (χ4v) is 4.00. The van der Waals surface area contributed by atoms with Gasteiger partial charge >= 0.3 is 0 Å². The number of ether oxygens (including phenoxy) is 3. The smallest absolute Gasteiger partial charge is 0.267 e. The van der Waals surface area contributed by atoms with E-state index in [2.05, 4.69) is 10.2 Å². The SMILES string of the molecule is COc1ccc(C)cc1NC(=O)C(C)N1CCN(C(=O)C2COc3ccccc3O2)CC1. The highest BCUT2D eigenvalue weighted by Crippen LogP contribution is 2.31. The lowest BCUT2D eigenvalue weighted by atomic mass is 10.1. The Kier molecular flexibility index (Phi) is 6.50. The Morgan fingerprint density at radius 3 is 2.53 bits per heavy atom. The zero-order chi connectivity index (χ0) is 22.7. The number of piperazine rings is 1. The van der Waals surface area contributed by atoms with Gasteiger partial charge in [0.25, 0.3) is 5.91 Å². The molecule has 1 N–H and O–H groups in total. The molecule has 0 aromatic heterocycles. The van der Waals surface area contributed by atoms with Crippen LogP contribution in [-0.2, 0) is 9.59 Å². The molecule has 1 saturated heterocycles. The lowest BCUT2D eigenvalue weighted by Crippen LogP contribution is -2.57. The quantitative estimate of drug-likeness (QED) is 0.770. The van der Waals surface area contributed by atoms with Crippen LogP contribution < -0.4 is 19.5 Å². The molecule has 2 heterocycles. The van der Waals surface area contributed by atoms with E-state index < -0.39 is 6.10 Å². The van der Waals surface area contributed by atoms with Crippen LogP contribution in [-0.4, -0.2) is 73.7 Å². The molecule has 0 radical (unpaired) electrons. The summed E-state index contributed by atoms with van der Waals surface area (Å²) in [5.41, 5.74) is 1.70. The molecule has 2 aromatic carbocycles. The highest BCUT2D eigenvalue weighted by atomic mass is 16.6. The number of amides is 2. The molecule has 0 spiro atoms. The highest BCUT2D eigenvalue weighted by molar-refractivity contribution is 5.96. The standard InChI is InChI=1S/C24H29N3O5/c1-16-8-9-19(30-3)18(14-16)25-23(28)17(2)26-10-12-27(13-11-26)24(29)22-15-31-20-6-4-5-7-21(20)32-22/h4-9,14,17,22H,10-13,15H2,1-3H3,(H,25,28). The maximum Gasteiger partial charge on any atom is 0.267 e. The fourth-order valence-electron chi connectivity index (χ4n) is 4.00. The molecule has 2 aliphatic heterocycles. The van der Waals surface area contributed by atoms with Crippen LogP contribution >= 0.6 is 0 Å². The number of nitrogens with zero attached hydrogens (tertiary/aromatic N) is 2. The van der Waals surface area contributed by atoms with Crippen LogP contribution in [0.3, 0.4) is 0 Å². The molecular formula is C24H29N3O5. The summed E-state index contributed by atoms with van der Waals surface area (Å²) in [6.07, 6.45) is -0.647. The van der Waals surface area contributed by atoms with E-state index in [0.717, 1.165) is 5.56 Å². The second-order valence-corrected chi connectivity index (χ2v) is 8.09. The van der Waals surface area contributed by atoms with Crippen molar-refractivity contribution in [2.75, 3.05) is 45.2 Å². The van der Waals surface area contributed by atoms with Gasteiger partial charge in [-0.25, -0.2) is 0 Å². The average molecular weight is 440 g/mol. The zero-order valence-electron chi connectivity index (χ0n) is 18.7. The van der Waals surface area contributed by atoms with Crippen molar-refractivity contribution in [2.24, 2.45) is 0 Å². The van der Waals surface area contributed by atoms with Gasteiger partial charge in [-0.1, -0.05) is 18.2 Å². The summed E-state index contributed by atoms with van der Waals surface area (Å²) in [6, 6.07) is 12.7. The first-order valence-electron chi connectivity index (χ1n) is 10.8. The third kappa shape index (κ3) is 4.65. The minimum atomic E-state index is -0.647. The van der Waals surface area contributed by atoms with Gasteiger partial charge in [-0.15, -0.1) is 0 Å². The molecule has 2 aromatic rings. The van der Waals surface area contributed by atoms with Crippen molar-refractivity contribution in [3.05, 3.63) is 48.0 Å². The number of methoxy groups -OCH3 is 1. The molecule has 4 rings (SSSR count). The number of carbonyl (C=O) groups excluding carboxylic acids is 2. The van der Waals surface area contributed by atoms with Crippen LogP contribution in [0, 0.1) is 6.92 Å². The molecule has 8 nitrogen and oxygen atoms in total. The number of benzene rings is 2. The zero-order valence-corrected chi connectivity index (χ0v) is 18.7. The van der Waals surface area contributed by atoms with E-state index in [0.29, 0.717) is 49.1 Å². The largest absolute Gasteiger partial charge is 0.495 e. The van der Waals surface area contributed by atoms with Crippen LogP contribution in [0.15, 0.2) is 42.5 Å². The Hall–Kier alpha value is -3.26. The maximum atomic E-state index is 12.9. The molecule has 0 bridgehead atoms. The third-order valence-corrected chi connectivity index (χ3v) is 5.95. The van der Waals surface area contributed by atoms with Gasteiger partial charge in [0.2, 0.25) is 12.0 Å². The Balaban J connectivity index is 1.31. The van der Waals surface area contributed by atoms with Crippen molar-refractivity contribution < 1.29 is 23.8 Å². The Bertz CT molecular complexity index is 987. The molecule has 8 heteroatoms. The van der Waals surface area contributed by atoms with Crippen molar-refractivity contribution in [1.82, 2.24) is 9.80 Å². The first-order valence-corrected chi connectivity index (χ1v) is 10.8. The van der Waals surface area contributed by atoms with Gasteiger partial charge in [0.15, 0.2) is 11.5 Å². The van der Waals surface area contributed by atoms with Gasteiger partial charge in [0, 0.05) is 26.2 Å². The average Bonchev–Trinajstić information content (AvgIpc) is 2.83. The minimum Gasteiger partial charge on any atom is -0.495 e. The second kappa shape index (κ2) is 9.48. The summed E-state index contributed by atoms with van der Waals surface area (Å²) in [6.45, 7) is 6.33. The normalized spacial score (nSPS) is 19.2. The number of carbonyl (C=O) groups is 2. The Labute approximate surface area is 188 Å². The van der Waals surface area contributed by atoms with Crippen LogP contribution in [0.4, 0.5) is 5.69 Å². The van der Waals surface area contributed by atoms with Gasteiger partial charge in [0.05, 0.1) is 18.8 Å². The van der Waals surface area contributed by atoms with Crippen LogP contribution in [0.5, 0.6) is 17.2 Å². The van der Waals surface area contributed by atoms with E-state index in [1.165, 1.54) is 0 Å². The van der Waals surface area contributed by atoms with Crippen molar-refractivity contribution in [2.45, 2.75) is 26.0 Å². The summed E-state index contributed by atoms with van der Waals surface area (Å²) >= 11 is 0. The number of aryl methyl sites for hydroxylation is 1. The molecule has 2 unspecified atom stereocenters. The van der Waals surface area contributed by atoms with E-state index in [9.17, 15) is 9.59 Å². The number of para-hydroxylation sites is 2. The fraction of sp³-hybridized carbons (Fsp3) is 0.417. The van der Waals surface area contributed by atoms with E-state index in [-0.39, 0.29) is 24.5 Å². The molecule has 32 heavy (non-hydrogen) atoms. The van der Waals surface area contributed by atoms with E-state index >= 15 is 0 Å². The molecule has 2 aliphatic rings. The van der Waals surface area contributed by atoms with Gasteiger partial charge in [-0.3, -0.25) is 14.5 Å². The lowest BCUT2D eigenvalue weighted by Gasteiger charge is -2.39. The molecular weight excluding hydrogens is 410 g/mol. The van der Waals surface area contributed by atoms with Crippen LogP contribution in [0.1, 0.15) is 12.5 Å². The summed E-state index contributed by atoms with van der Waals surface area (Å²) in [5, 5.41) is 2.97. The second-order valence-electron chi connectivity index (χ2n) is 8.09. The molecule has 0 saturated carbocycles. The number of anilines is 1. The number of hydrogen-bond donors (Lipinski definition) is 1. The molecule has 1 fully saturated rings. The number of nitrogens with one attached hydrogen (secondary N) is 1. The Morgan fingerprint density at radius 2 is 1.81 bits per heavy atom. The van der Waals surface area contributed by atoms with Crippen molar-refractivity contribution in [1.29, 1.82) is 0 Å². The van der Waals surface area contributed by atoms with E-state index in [1.54, 1.807) is 18.1 Å². The van der Waals surface area contributed by atoms with Crippen molar-refractivity contribution in [3.8, 4) is 17.2 Å². The predicted octanol–water partition coefficient (Wildman–Crippen LogP) is 2.31. The molecule has 2 atom stereocenters. The first-order chi connectivity index (χ1) is 15.5. The third-order valence-electron chi connectivity index (χ3n) is 5.95.